The van der Waals surface area contributed by atoms with Gasteiger partial charge in [-0.25, -0.2) is 0 Å². The van der Waals surface area contributed by atoms with Crippen molar-refractivity contribution in [3.63, 3.8) is 0 Å². The van der Waals surface area contributed by atoms with Crippen LogP contribution in [0.25, 0.3) is 0 Å². The lowest BCUT2D eigenvalue weighted by atomic mass is 10.1. The molecule has 0 spiro atoms. The Labute approximate surface area is 142 Å². The number of unbranched alkanes of at least 4 members (excludes halogenated alkanes) is 7. The van der Waals surface area contributed by atoms with E-state index in [-0.39, 0.29) is 11.5 Å². The Kier molecular flexibility index (Phi) is 9.19. The Morgan fingerprint density at radius 2 is 1.79 bits per heavy atom. The molecule has 0 heterocycles. The molecule has 0 bridgehead atoms. The van der Waals surface area contributed by atoms with Gasteiger partial charge < -0.3 is 10.4 Å². The highest BCUT2D eigenvalue weighted by Gasteiger charge is 2.16. The summed E-state index contributed by atoms with van der Waals surface area (Å²) in [5.41, 5.74) is -0.277. The lowest BCUT2D eigenvalue weighted by molar-refractivity contribution is -0.385. The van der Waals surface area contributed by atoms with Gasteiger partial charge in [-0.15, -0.1) is 6.58 Å². The molecule has 1 aromatic rings. The van der Waals surface area contributed by atoms with E-state index in [1.807, 2.05) is 6.08 Å². The second-order valence-electron chi connectivity index (χ2n) is 5.77. The average Bonchev–Trinajstić information content (AvgIpc) is 2.56. The van der Waals surface area contributed by atoms with E-state index in [2.05, 4.69) is 11.9 Å². The quantitative estimate of drug-likeness (QED) is 0.257. The fourth-order valence-corrected chi connectivity index (χ4v) is 2.41. The molecule has 0 aliphatic carbocycles. The Balaban J connectivity index is 2.19. The van der Waals surface area contributed by atoms with Gasteiger partial charge in [-0.1, -0.05) is 38.2 Å². The predicted octanol–water partition coefficient (Wildman–Crippen LogP) is 4.34. The molecule has 0 saturated carbocycles. The van der Waals surface area contributed by atoms with Crippen molar-refractivity contribution in [2.24, 2.45) is 0 Å². The van der Waals surface area contributed by atoms with Crippen LogP contribution in [0.15, 0.2) is 30.9 Å². The summed E-state index contributed by atoms with van der Waals surface area (Å²) in [6, 6.07) is 3.63. The normalized spacial score (nSPS) is 10.3. The fraction of sp³-hybridized carbons (Fsp3) is 0.500. The monoisotopic (exact) mass is 334 g/mol. The van der Waals surface area contributed by atoms with Crippen LogP contribution < -0.4 is 5.32 Å². The molecule has 2 N–H and O–H groups in total. The lowest BCUT2D eigenvalue weighted by Gasteiger charge is -2.06. The van der Waals surface area contributed by atoms with Crippen LogP contribution in [0, 0.1) is 10.1 Å². The molecule has 0 radical (unpaired) electrons. The summed E-state index contributed by atoms with van der Waals surface area (Å²) in [6.07, 6.45) is 11.0. The molecular weight excluding hydrogens is 308 g/mol. The number of carbonyl (C=O) groups is 1. The Morgan fingerprint density at radius 3 is 2.42 bits per heavy atom. The number of phenols is 1. The zero-order valence-electron chi connectivity index (χ0n) is 14.0. The third kappa shape index (κ3) is 7.26. The first-order chi connectivity index (χ1) is 11.6. The summed E-state index contributed by atoms with van der Waals surface area (Å²) in [5, 5.41) is 22.9. The minimum absolute atomic E-state index is 0.182. The molecule has 1 rings (SSSR count). The molecule has 0 aliphatic rings. The number of amides is 1. The van der Waals surface area contributed by atoms with Crippen LogP contribution in [0.5, 0.6) is 5.75 Å². The predicted molar refractivity (Wildman–Crippen MR) is 94.2 cm³/mol. The summed E-state index contributed by atoms with van der Waals surface area (Å²) in [7, 11) is 0. The molecule has 0 atom stereocenters. The highest BCUT2D eigenvalue weighted by Crippen LogP contribution is 2.26. The molecule has 0 fully saturated rings. The van der Waals surface area contributed by atoms with Crippen molar-refractivity contribution in [2.75, 3.05) is 6.54 Å². The SMILES string of the molecule is C=CCCCCCCCCCNC(=O)c1ccc(O)c([N+](=O)[O-])c1. The van der Waals surface area contributed by atoms with Gasteiger partial charge in [-0.3, -0.25) is 14.9 Å². The smallest absolute Gasteiger partial charge is 0.311 e. The fourth-order valence-electron chi connectivity index (χ4n) is 2.41. The topological polar surface area (TPSA) is 92.5 Å². The largest absolute Gasteiger partial charge is 0.502 e. The van der Waals surface area contributed by atoms with Gasteiger partial charge in [0.1, 0.15) is 0 Å². The first kappa shape index (κ1) is 19.7. The van der Waals surface area contributed by atoms with Gasteiger partial charge >= 0.3 is 5.69 Å². The molecule has 132 valence electrons. The van der Waals surface area contributed by atoms with Crippen LogP contribution in [-0.4, -0.2) is 22.5 Å². The van der Waals surface area contributed by atoms with Gasteiger partial charge in [0.05, 0.1) is 4.92 Å². The molecule has 24 heavy (non-hydrogen) atoms. The second kappa shape index (κ2) is 11.2. The number of benzene rings is 1. The molecule has 0 unspecified atom stereocenters. The third-order valence-electron chi connectivity index (χ3n) is 3.80. The highest BCUT2D eigenvalue weighted by atomic mass is 16.6. The molecule has 6 nitrogen and oxygen atoms in total. The van der Waals surface area contributed by atoms with E-state index in [1.54, 1.807) is 0 Å². The number of nitrogens with zero attached hydrogens (tertiary/aromatic N) is 1. The van der Waals surface area contributed by atoms with Crippen LogP contribution in [0.4, 0.5) is 5.69 Å². The maximum atomic E-state index is 11.9. The molecular formula is C18H26N2O4. The Hall–Kier alpha value is -2.37. The molecule has 0 aromatic heterocycles. The van der Waals surface area contributed by atoms with Gasteiger partial charge in [0.15, 0.2) is 5.75 Å². The van der Waals surface area contributed by atoms with E-state index in [9.17, 15) is 20.0 Å². The highest BCUT2D eigenvalue weighted by molar-refractivity contribution is 5.95. The Bertz CT molecular complexity index is 558. The lowest BCUT2D eigenvalue weighted by Crippen LogP contribution is -2.24. The van der Waals surface area contributed by atoms with Gasteiger partial charge in [0.25, 0.3) is 5.91 Å². The van der Waals surface area contributed by atoms with Crippen molar-refractivity contribution in [1.82, 2.24) is 5.32 Å². The van der Waals surface area contributed by atoms with E-state index in [0.29, 0.717) is 6.54 Å². The van der Waals surface area contributed by atoms with Crippen LogP contribution in [0.2, 0.25) is 0 Å². The number of hydrogen-bond acceptors (Lipinski definition) is 4. The average molecular weight is 334 g/mol. The van der Waals surface area contributed by atoms with Crippen LogP contribution >= 0.6 is 0 Å². The van der Waals surface area contributed by atoms with Gasteiger partial charge in [0.2, 0.25) is 0 Å². The Morgan fingerprint density at radius 1 is 1.17 bits per heavy atom. The molecule has 0 aliphatic heterocycles. The number of nitrogens with one attached hydrogen (secondary N) is 1. The summed E-state index contributed by atoms with van der Waals surface area (Å²) in [6.45, 7) is 4.25. The zero-order valence-corrected chi connectivity index (χ0v) is 14.0. The summed E-state index contributed by atoms with van der Waals surface area (Å²) >= 11 is 0. The maximum absolute atomic E-state index is 11.9. The minimum atomic E-state index is -0.707. The van der Waals surface area contributed by atoms with E-state index >= 15 is 0 Å². The van der Waals surface area contributed by atoms with Crippen molar-refractivity contribution in [3.8, 4) is 5.75 Å². The molecule has 1 amide bonds. The molecule has 1 aromatic carbocycles. The summed E-state index contributed by atoms with van der Waals surface area (Å²) in [5.74, 6) is -0.799. The van der Waals surface area contributed by atoms with Crippen molar-refractivity contribution in [2.45, 2.75) is 51.4 Å². The van der Waals surface area contributed by atoms with Crippen LogP contribution in [0.3, 0.4) is 0 Å². The van der Waals surface area contributed by atoms with Crippen LogP contribution in [0.1, 0.15) is 61.7 Å². The first-order valence-corrected chi connectivity index (χ1v) is 8.42. The van der Waals surface area contributed by atoms with Gasteiger partial charge in [-0.2, -0.15) is 0 Å². The van der Waals surface area contributed by atoms with Crippen molar-refractivity contribution < 1.29 is 14.8 Å². The number of phenolic OH excluding ortho intramolecular Hbond substituents is 1. The third-order valence-corrected chi connectivity index (χ3v) is 3.80. The maximum Gasteiger partial charge on any atom is 0.311 e. The number of aromatic hydroxyl groups is 1. The van der Waals surface area contributed by atoms with Gasteiger partial charge in [0, 0.05) is 18.2 Å². The summed E-state index contributed by atoms with van der Waals surface area (Å²) in [4.78, 5) is 22.0. The number of rotatable bonds is 12. The first-order valence-electron chi connectivity index (χ1n) is 8.42. The minimum Gasteiger partial charge on any atom is -0.502 e. The number of carbonyl (C=O) groups excluding carboxylic acids is 1. The molecule has 0 saturated heterocycles. The standard InChI is InChI=1S/C18H26N2O4/c1-2-3-4-5-6-7-8-9-10-13-19-18(22)15-11-12-17(21)16(14-15)20(23)24/h2,11-12,14,21H,1,3-10,13H2,(H,19,22). The summed E-state index contributed by atoms with van der Waals surface area (Å²) < 4.78 is 0. The number of nitro groups is 1. The van der Waals surface area contributed by atoms with E-state index < -0.39 is 16.4 Å². The van der Waals surface area contributed by atoms with E-state index in [0.717, 1.165) is 31.7 Å². The zero-order chi connectivity index (χ0) is 17.8. The number of allylic oxidation sites excluding steroid dienone is 1. The van der Waals surface area contributed by atoms with E-state index in [1.165, 1.54) is 37.8 Å². The van der Waals surface area contributed by atoms with Crippen molar-refractivity contribution in [3.05, 3.63) is 46.5 Å². The van der Waals surface area contributed by atoms with E-state index in [4.69, 9.17) is 0 Å². The van der Waals surface area contributed by atoms with Crippen molar-refractivity contribution in [1.29, 1.82) is 0 Å². The van der Waals surface area contributed by atoms with Crippen LogP contribution in [-0.2, 0) is 0 Å². The molecule has 6 heteroatoms. The van der Waals surface area contributed by atoms with Crippen molar-refractivity contribution >= 4 is 11.6 Å². The number of hydrogen-bond donors (Lipinski definition) is 2. The second-order valence-corrected chi connectivity index (χ2v) is 5.77. The van der Waals surface area contributed by atoms with Gasteiger partial charge in [-0.05, 0) is 31.4 Å². The number of nitro benzene ring substituents is 1.